The van der Waals surface area contributed by atoms with Crippen molar-refractivity contribution in [2.45, 2.75) is 19.9 Å². The van der Waals surface area contributed by atoms with Gasteiger partial charge in [0.05, 0.1) is 6.04 Å². The Kier molecular flexibility index (Phi) is 3.99. The molecule has 0 saturated carbocycles. The van der Waals surface area contributed by atoms with Crippen molar-refractivity contribution in [1.82, 2.24) is 20.1 Å². The van der Waals surface area contributed by atoms with Gasteiger partial charge >= 0.3 is 0 Å². The number of benzene rings is 1. The molecule has 1 atom stereocenters. The van der Waals surface area contributed by atoms with Crippen molar-refractivity contribution in [2.75, 3.05) is 0 Å². The lowest BCUT2D eigenvalue weighted by Crippen LogP contribution is -2.29. The first-order valence-electron chi connectivity index (χ1n) is 5.90. The van der Waals surface area contributed by atoms with Gasteiger partial charge in [-0.25, -0.2) is 0 Å². The smallest absolute Gasteiger partial charge is 0.252 e. The fourth-order valence-corrected chi connectivity index (χ4v) is 2.22. The molecular weight excluding hydrogens is 308 g/mol. The van der Waals surface area contributed by atoms with Crippen LogP contribution in [0.3, 0.4) is 0 Å². The van der Waals surface area contributed by atoms with Crippen LogP contribution in [0, 0.1) is 6.92 Å². The lowest BCUT2D eigenvalue weighted by atomic mass is 10.1. The third kappa shape index (κ3) is 3.01. The molecule has 0 fully saturated rings. The molecule has 0 aliphatic heterocycles. The number of carbonyl (C=O) groups is 1. The molecule has 2 aromatic rings. The van der Waals surface area contributed by atoms with Crippen molar-refractivity contribution in [3.05, 3.63) is 46.0 Å². The zero-order chi connectivity index (χ0) is 14.0. The molecule has 1 amide bonds. The quantitative estimate of drug-likeness (QED) is 0.943. The van der Waals surface area contributed by atoms with Crippen molar-refractivity contribution < 1.29 is 4.79 Å². The third-order valence-corrected chi connectivity index (χ3v) is 3.42. The summed E-state index contributed by atoms with van der Waals surface area (Å²) in [4.78, 5) is 12.2. The molecule has 1 heterocycles. The molecule has 2 rings (SSSR count). The van der Waals surface area contributed by atoms with E-state index in [1.807, 2.05) is 39.1 Å². The Bertz CT molecular complexity index is 608. The highest BCUT2D eigenvalue weighted by Gasteiger charge is 2.16. The Labute approximate surface area is 120 Å². The second-order valence-electron chi connectivity index (χ2n) is 4.45. The van der Waals surface area contributed by atoms with E-state index in [-0.39, 0.29) is 11.9 Å². The zero-order valence-corrected chi connectivity index (χ0v) is 12.6. The van der Waals surface area contributed by atoms with Crippen molar-refractivity contribution >= 4 is 21.8 Å². The monoisotopic (exact) mass is 322 g/mol. The maximum absolute atomic E-state index is 12.2. The molecule has 1 unspecified atom stereocenters. The number of nitrogens with one attached hydrogen (secondary N) is 1. The van der Waals surface area contributed by atoms with Crippen LogP contribution in [0.15, 0.2) is 29.0 Å². The molecule has 6 heteroatoms. The number of hydrogen-bond donors (Lipinski definition) is 1. The van der Waals surface area contributed by atoms with Crippen molar-refractivity contribution in [3.8, 4) is 0 Å². The van der Waals surface area contributed by atoms with Gasteiger partial charge in [-0.05, 0) is 31.5 Å². The van der Waals surface area contributed by atoms with E-state index in [1.165, 1.54) is 0 Å². The minimum atomic E-state index is -0.196. The van der Waals surface area contributed by atoms with Gasteiger partial charge in [-0.15, -0.1) is 10.2 Å². The second kappa shape index (κ2) is 5.52. The first kappa shape index (κ1) is 13.7. The fourth-order valence-electron chi connectivity index (χ4n) is 1.86. The van der Waals surface area contributed by atoms with Gasteiger partial charge in [-0.1, -0.05) is 22.0 Å². The van der Waals surface area contributed by atoms with Crippen LogP contribution in [0.5, 0.6) is 0 Å². The molecule has 0 bridgehead atoms. The number of nitrogens with zero attached hydrogens (tertiary/aromatic N) is 3. The third-order valence-electron chi connectivity index (χ3n) is 2.93. The Morgan fingerprint density at radius 3 is 2.84 bits per heavy atom. The highest BCUT2D eigenvalue weighted by Crippen LogP contribution is 2.17. The molecule has 1 N–H and O–H groups in total. The van der Waals surface area contributed by atoms with E-state index in [9.17, 15) is 4.79 Å². The predicted octanol–water partition coefficient (Wildman–Crippen LogP) is 2.38. The van der Waals surface area contributed by atoms with Crippen LogP contribution < -0.4 is 5.32 Å². The highest BCUT2D eigenvalue weighted by molar-refractivity contribution is 9.10. The molecular formula is C13H15BrN4O. The minimum Gasteiger partial charge on any atom is -0.342 e. The van der Waals surface area contributed by atoms with Gasteiger partial charge in [-0.2, -0.15) is 0 Å². The van der Waals surface area contributed by atoms with Crippen LogP contribution in [-0.4, -0.2) is 20.7 Å². The van der Waals surface area contributed by atoms with Crippen molar-refractivity contribution in [1.29, 1.82) is 0 Å². The van der Waals surface area contributed by atoms with E-state index >= 15 is 0 Å². The first-order valence-corrected chi connectivity index (χ1v) is 6.69. The first-order chi connectivity index (χ1) is 8.99. The largest absolute Gasteiger partial charge is 0.342 e. The maximum atomic E-state index is 12.2. The van der Waals surface area contributed by atoms with E-state index in [1.54, 1.807) is 10.9 Å². The molecule has 19 heavy (non-hydrogen) atoms. The van der Waals surface area contributed by atoms with Gasteiger partial charge in [0.25, 0.3) is 5.91 Å². The van der Waals surface area contributed by atoms with Crippen LogP contribution >= 0.6 is 15.9 Å². The summed E-state index contributed by atoms with van der Waals surface area (Å²) in [6.45, 7) is 3.80. The van der Waals surface area contributed by atoms with Gasteiger partial charge in [0.2, 0.25) is 0 Å². The summed E-state index contributed by atoms with van der Waals surface area (Å²) in [6, 6.07) is 5.44. The van der Waals surface area contributed by atoms with Crippen molar-refractivity contribution in [2.24, 2.45) is 7.05 Å². The van der Waals surface area contributed by atoms with Crippen LogP contribution in [-0.2, 0) is 7.05 Å². The van der Waals surface area contributed by atoms with E-state index in [0.29, 0.717) is 5.56 Å². The van der Waals surface area contributed by atoms with Crippen LogP contribution in [0.1, 0.15) is 34.7 Å². The summed E-state index contributed by atoms with van der Waals surface area (Å²) in [7, 11) is 1.85. The number of hydrogen-bond acceptors (Lipinski definition) is 3. The molecule has 0 saturated heterocycles. The molecule has 1 aromatic heterocycles. The van der Waals surface area contributed by atoms with Gasteiger partial charge < -0.3 is 9.88 Å². The summed E-state index contributed by atoms with van der Waals surface area (Å²) in [5.41, 5.74) is 1.59. The number of amides is 1. The topological polar surface area (TPSA) is 59.8 Å². The lowest BCUT2D eigenvalue weighted by molar-refractivity contribution is 0.0937. The average molecular weight is 323 g/mol. The number of halogens is 1. The standard InChI is InChI=1S/C13H15BrN4O/c1-8-4-5-10(14)6-11(8)13(19)16-9(2)12-17-15-7-18(12)3/h4-7,9H,1-3H3,(H,16,19). The number of aromatic nitrogens is 3. The zero-order valence-electron chi connectivity index (χ0n) is 11.0. The highest BCUT2D eigenvalue weighted by atomic mass is 79.9. The molecule has 0 spiro atoms. The minimum absolute atomic E-state index is 0.116. The van der Waals surface area contributed by atoms with Crippen LogP contribution in [0.4, 0.5) is 0 Å². The Hall–Kier alpha value is -1.69. The van der Waals surface area contributed by atoms with E-state index in [4.69, 9.17) is 0 Å². The number of rotatable bonds is 3. The lowest BCUT2D eigenvalue weighted by Gasteiger charge is -2.14. The SMILES string of the molecule is Cc1ccc(Br)cc1C(=O)NC(C)c1nncn1C. The van der Waals surface area contributed by atoms with E-state index in [0.717, 1.165) is 15.9 Å². The summed E-state index contributed by atoms with van der Waals surface area (Å²) in [5.74, 6) is 0.607. The normalized spacial score (nSPS) is 12.2. The molecule has 100 valence electrons. The average Bonchev–Trinajstić information content (AvgIpc) is 2.78. The molecule has 5 nitrogen and oxygen atoms in total. The summed E-state index contributed by atoms with van der Waals surface area (Å²) in [5, 5.41) is 10.7. The Balaban J connectivity index is 2.17. The molecule has 0 aliphatic carbocycles. The molecule has 1 aromatic carbocycles. The van der Waals surface area contributed by atoms with Gasteiger partial charge in [-0.3, -0.25) is 4.79 Å². The van der Waals surface area contributed by atoms with E-state index in [2.05, 4.69) is 31.4 Å². The summed E-state index contributed by atoms with van der Waals surface area (Å²) >= 11 is 3.37. The Morgan fingerprint density at radius 2 is 2.21 bits per heavy atom. The van der Waals surface area contributed by atoms with E-state index < -0.39 is 0 Å². The molecule has 0 radical (unpaired) electrons. The van der Waals surface area contributed by atoms with Crippen LogP contribution in [0.25, 0.3) is 0 Å². The summed E-state index contributed by atoms with van der Waals surface area (Å²) < 4.78 is 2.67. The van der Waals surface area contributed by atoms with Gasteiger partial charge in [0, 0.05) is 17.1 Å². The van der Waals surface area contributed by atoms with Crippen molar-refractivity contribution in [3.63, 3.8) is 0 Å². The summed E-state index contributed by atoms with van der Waals surface area (Å²) in [6.07, 6.45) is 1.61. The van der Waals surface area contributed by atoms with Crippen LogP contribution in [0.2, 0.25) is 0 Å². The molecule has 0 aliphatic rings. The maximum Gasteiger partial charge on any atom is 0.252 e. The second-order valence-corrected chi connectivity index (χ2v) is 5.37. The van der Waals surface area contributed by atoms with Gasteiger partial charge in [0.15, 0.2) is 5.82 Å². The predicted molar refractivity (Wildman–Crippen MR) is 75.8 cm³/mol. The van der Waals surface area contributed by atoms with Gasteiger partial charge in [0.1, 0.15) is 6.33 Å². The number of aryl methyl sites for hydroxylation is 2. The number of carbonyl (C=O) groups excluding carboxylic acids is 1. The Morgan fingerprint density at radius 1 is 1.47 bits per heavy atom. The fraction of sp³-hybridized carbons (Fsp3) is 0.308.